The van der Waals surface area contributed by atoms with Crippen molar-refractivity contribution in [1.29, 1.82) is 0 Å². The van der Waals surface area contributed by atoms with Gasteiger partial charge in [0.05, 0.1) is 12.2 Å². The van der Waals surface area contributed by atoms with Crippen molar-refractivity contribution in [3.8, 4) is 0 Å². The van der Waals surface area contributed by atoms with Crippen LogP contribution in [0.5, 0.6) is 0 Å². The molecule has 2 heterocycles. The molecule has 1 aromatic carbocycles. The van der Waals surface area contributed by atoms with Gasteiger partial charge in [-0.15, -0.1) is 0 Å². The molecule has 23 heavy (non-hydrogen) atoms. The monoisotopic (exact) mass is 333 g/mol. The first kappa shape index (κ1) is 16.0. The number of aromatic amines is 1. The minimum atomic E-state index is -0.213. The largest absolute Gasteiger partial charge is 0.349 e. The summed E-state index contributed by atoms with van der Waals surface area (Å²) < 4.78 is 0. The third-order valence-electron chi connectivity index (χ3n) is 4.19. The van der Waals surface area contributed by atoms with Gasteiger partial charge in [0.25, 0.3) is 5.91 Å². The number of halogens is 1. The average Bonchev–Trinajstić information content (AvgIpc) is 3.12. The molecule has 7 heteroatoms. The number of benzene rings is 1. The van der Waals surface area contributed by atoms with Crippen molar-refractivity contribution in [1.82, 2.24) is 25.6 Å². The number of H-pyrrole nitrogens is 1. The molecule has 2 aromatic rings. The minimum Gasteiger partial charge on any atom is -0.349 e. The molecule has 1 saturated heterocycles. The van der Waals surface area contributed by atoms with E-state index in [9.17, 15) is 4.79 Å². The van der Waals surface area contributed by atoms with Gasteiger partial charge in [0, 0.05) is 11.6 Å². The number of carbonyl (C=O) groups is 1. The molecule has 1 unspecified atom stereocenters. The van der Waals surface area contributed by atoms with Crippen LogP contribution in [0.4, 0.5) is 0 Å². The van der Waals surface area contributed by atoms with Crippen molar-refractivity contribution in [2.24, 2.45) is 0 Å². The topological polar surface area (TPSA) is 73.9 Å². The molecule has 2 N–H and O–H groups in total. The zero-order chi connectivity index (χ0) is 16.1. The van der Waals surface area contributed by atoms with Crippen molar-refractivity contribution in [3.05, 3.63) is 46.7 Å². The number of nitrogens with zero attached hydrogens (tertiary/aromatic N) is 3. The predicted molar refractivity (Wildman–Crippen MR) is 88.3 cm³/mol. The Labute approximate surface area is 140 Å². The number of likely N-dealkylation sites (tertiary alicyclic amines) is 1. The SMILES string of the molecule is O=C(NCC(c1ccc(Cl)cc1)N1CCCCC1)c1cn[nH]n1. The van der Waals surface area contributed by atoms with E-state index in [0.29, 0.717) is 12.2 Å². The number of carbonyl (C=O) groups excluding carboxylic acids is 1. The maximum Gasteiger partial charge on any atom is 0.273 e. The highest BCUT2D eigenvalue weighted by Gasteiger charge is 2.23. The van der Waals surface area contributed by atoms with Gasteiger partial charge in [-0.1, -0.05) is 30.2 Å². The summed E-state index contributed by atoms with van der Waals surface area (Å²) in [4.78, 5) is 14.5. The molecule has 0 bridgehead atoms. The van der Waals surface area contributed by atoms with Crippen molar-refractivity contribution in [3.63, 3.8) is 0 Å². The van der Waals surface area contributed by atoms with Gasteiger partial charge >= 0.3 is 0 Å². The zero-order valence-corrected chi connectivity index (χ0v) is 13.6. The maximum atomic E-state index is 12.1. The van der Waals surface area contributed by atoms with Crippen molar-refractivity contribution in [2.45, 2.75) is 25.3 Å². The third kappa shape index (κ3) is 4.09. The van der Waals surface area contributed by atoms with E-state index in [1.54, 1.807) is 0 Å². The first-order valence-electron chi connectivity index (χ1n) is 7.87. The molecule has 3 rings (SSSR count). The number of nitrogens with one attached hydrogen (secondary N) is 2. The van der Waals surface area contributed by atoms with Crippen LogP contribution in [0.2, 0.25) is 5.02 Å². The highest BCUT2D eigenvalue weighted by Crippen LogP contribution is 2.25. The van der Waals surface area contributed by atoms with Crippen LogP contribution in [0.1, 0.15) is 41.4 Å². The van der Waals surface area contributed by atoms with E-state index in [4.69, 9.17) is 11.6 Å². The van der Waals surface area contributed by atoms with E-state index in [1.807, 2.05) is 24.3 Å². The molecule has 0 radical (unpaired) electrons. The number of aromatic nitrogens is 3. The summed E-state index contributed by atoms with van der Waals surface area (Å²) in [6.45, 7) is 2.63. The van der Waals surface area contributed by atoms with Crippen LogP contribution in [0, 0.1) is 0 Å². The Kier molecular flexibility index (Phi) is 5.25. The normalized spacial score (nSPS) is 16.9. The van der Waals surface area contributed by atoms with Crippen molar-refractivity contribution in [2.75, 3.05) is 19.6 Å². The summed E-state index contributed by atoms with van der Waals surface area (Å²) in [7, 11) is 0. The molecule has 6 nitrogen and oxygen atoms in total. The lowest BCUT2D eigenvalue weighted by atomic mass is 10.0. The molecule has 1 fully saturated rings. The fourth-order valence-electron chi connectivity index (χ4n) is 2.96. The molecule has 0 aliphatic carbocycles. The first-order valence-corrected chi connectivity index (χ1v) is 8.25. The van der Waals surface area contributed by atoms with E-state index in [1.165, 1.54) is 25.5 Å². The van der Waals surface area contributed by atoms with Gasteiger partial charge in [-0.2, -0.15) is 15.4 Å². The number of piperidine rings is 1. The predicted octanol–water partition coefficient (Wildman–Crippen LogP) is 2.42. The fourth-order valence-corrected chi connectivity index (χ4v) is 3.09. The lowest BCUT2D eigenvalue weighted by Crippen LogP contribution is -2.40. The van der Waals surface area contributed by atoms with E-state index in [0.717, 1.165) is 23.7 Å². The second kappa shape index (κ2) is 7.57. The third-order valence-corrected chi connectivity index (χ3v) is 4.44. The van der Waals surface area contributed by atoms with Gasteiger partial charge in [0.15, 0.2) is 5.69 Å². The van der Waals surface area contributed by atoms with Crippen molar-refractivity contribution >= 4 is 17.5 Å². The summed E-state index contributed by atoms with van der Waals surface area (Å²) in [5.74, 6) is -0.213. The highest BCUT2D eigenvalue weighted by molar-refractivity contribution is 6.30. The number of amides is 1. The van der Waals surface area contributed by atoms with Gasteiger partial charge in [-0.3, -0.25) is 9.69 Å². The van der Waals surface area contributed by atoms with Crippen LogP contribution in [-0.2, 0) is 0 Å². The lowest BCUT2D eigenvalue weighted by molar-refractivity contribution is 0.0919. The Balaban J connectivity index is 1.72. The molecule has 1 aliphatic rings. The Morgan fingerprint density at radius 1 is 1.26 bits per heavy atom. The molecular formula is C16H20ClN5O. The molecule has 1 amide bonds. The molecule has 1 atom stereocenters. The van der Waals surface area contributed by atoms with Gasteiger partial charge in [0.1, 0.15) is 0 Å². The smallest absolute Gasteiger partial charge is 0.273 e. The minimum absolute atomic E-state index is 0.142. The van der Waals surface area contributed by atoms with Gasteiger partial charge in [-0.25, -0.2) is 0 Å². The molecule has 1 aliphatic heterocycles. The van der Waals surface area contributed by atoms with Crippen LogP contribution in [-0.4, -0.2) is 45.9 Å². The number of rotatable bonds is 5. The van der Waals surface area contributed by atoms with Crippen LogP contribution >= 0.6 is 11.6 Å². The van der Waals surface area contributed by atoms with E-state index >= 15 is 0 Å². The van der Waals surface area contributed by atoms with E-state index < -0.39 is 0 Å². The maximum absolute atomic E-state index is 12.1. The van der Waals surface area contributed by atoms with Crippen molar-refractivity contribution < 1.29 is 4.79 Å². The molecule has 122 valence electrons. The van der Waals surface area contributed by atoms with E-state index in [-0.39, 0.29) is 11.9 Å². The van der Waals surface area contributed by atoms with Crippen LogP contribution in [0.25, 0.3) is 0 Å². The summed E-state index contributed by atoms with van der Waals surface area (Å²) >= 11 is 6.00. The standard InChI is InChI=1S/C16H20ClN5O/c17-13-6-4-12(5-7-13)15(22-8-2-1-3-9-22)11-18-16(23)14-10-19-21-20-14/h4-7,10,15H,1-3,8-9,11H2,(H,18,23)(H,19,20,21). The lowest BCUT2D eigenvalue weighted by Gasteiger charge is -2.35. The van der Waals surface area contributed by atoms with Crippen LogP contribution in [0.15, 0.2) is 30.5 Å². The van der Waals surface area contributed by atoms with Gasteiger partial charge in [-0.05, 0) is 43.6 Å². The Hall–Kier alpha value is -1.92. The fraction of sp³-hybridized carbons (Fsp3) is 0.438. The second-order valence-corrected chi connectivity index (χ2v) is 6.17. The van der Waals surface area contributed by atoms with E-state index in [2.05, 4.69) is 25.6 Å². The summed E-state index contributed by atoms with van der Waals surface area (Å²) in [5, 5.41) is 13.6. The molecular weight excluding hydrogens is 314 g/mol. The zero-order valence-electron chi connectivity index (χ0n) is 12.8. The molecule has 1 aromatic heterocycles. The van der Waals surface area contributed by atoms with Crippen LogP contribution < -0.4 is 5.32 Å². The average molecular weight is 334 g/mol. The second-order valence-electron chi connectivity index (χ2n) is 5.73. The quantitative estimate of drug-likeness (QED) is 0.881. The van der Waals surface area contributed by atoms with Gasteiger partial charge < -0.3 is 5.32 Å². The first-order chi connectivity index (χ1) is 11.2. The number of hydrogen-bond donors (Lipinski definition) is 2. The highest BCUT2D eigenvalue weighted by atomic mass is 35.5. The Morgan fingerprint density at radius 3 is 2.65 bits per heavy atom. The summed E-state index contributed by atoms with van der Waals surface area (Å²) in [6.07, 6.45) is 5.09. The Bertz CT molecular complexity index is 622. The van der Waals surface area contributed by atoms with Crippen LogP contribution in [0.3, 0.4) is 0 Å². The Morgan fingerprint density at radius 2 is 2.00 bits per heavy atom. The molecule has 0 spiro atoms. The summed E-state index contributed by atoms with van der Waals surface area (Å²) in [5.41, 5.74) is 1.47. The molecule has 0 saturated carbocycles. The number of hydrogen-bond acceptors (Lipinski definition) is 4. The van der Waals surface area contributed by atoms with Gasteiger partial charge in [0.2, 0.25) is 0 Å². The summed E-state index contributed by atoms with van der Waals surface area (Å²) in [6, 6.07) is 8.00.